The first-order chi connectivity index (χ1) is 35.3. The van der Waals surface area contributed by atoms with Crippen molar-refractivity contribution in [2.45, 2.75) is 40.8 Å². The second-order valence-corrected chi connectivity index (χ2v) is 19.4. The fourth-order valence-electron chi connectivity index (χ4n) is 11.2. The number of aryl methyl sites for hydroxylation is 5. The third kappa shape index (κ3) is 7.68. The molecular formula is C67H48F3N3. The summed E-state index contributed by atoms with van der Waals surface area (Å²) in [4.78, 5) is 0. The van der Waals surface area contributed by atoms with Gasteiger partial charge in [0, 0.05) is 27.1 Å². The van der Waals surface area contributed by atoms with E-state index in [4.69, 9.17) is 0 Å². The van der Waals surface area contributed by atoms with E-state index in [1.165, 1.54) is 12.1 Å². The van der Waals surface area contributed by atoms with E-state index < -0.39 is 11.7 Å². The summed E-state index contributed by atoms with van der Waals surface area (Å²) in [7, 11) is 0. The summed E-state index contributed by atoms with van der Waals surface area (Å²) in [5, 5.41) is 15.2. The van der Waals surface area contributed by atoms with Crippen molar-refractivity contribution in [3.63, 3.8) is 0 Å². The number of hydrogen-bond acceptors (Lipinski definition) is 1. The molecule has 6 heteroatoms. The predicted molar refractivity (Wildman–Crippen MR) is 296 cm³/mol. The zero-order valence-corrected chi connectivity index (χ0v) is 41.0. The number of halogens is 3. The van der Waals surface area contributed by atoms with Crippen molar-refractivity contribution in [1.82, 2.24) is 9.13 Å². The molecule has 0 spiro atoms. The largest absolute Gasteiger partial charge is 0.416 e. The Morgan fingerprint density at radius 2 is 0.699 bits per heavy atom. The molecule has 0 amide bonds. The van der Waals surface area contributed by atoms with Crippen LogP contribution in [0.25, 0.3) is 111 Å². The number of fused-ring (bicyclic) bond motifs is 6. The molecule has 73 heavy (non-hydrogen) atoms. The van der Waals surface area contributed by atoms with Gasteiger partial charge >= 0.3 is 6.18 Å². The highest BCUT2D eigenvalue weighted by molar-refractivity contribution is 6.14. The van der Waals surface area contributed by atoms with Gasteiger partial charge in [-0.2, -0.15) is 18.4 Å². The van der Waals surface area contributed by atoms with Crippen LogP contribution < -0.4 is 0 Å². The fraction of sp³-hybridized carbons (Fsp3) is 0.0896. The molecule has 0 saturated heterocycles. The average Bonchev–Trinajstić information content (AvgIpc) is 3.89. The molecule has 352 valence electrons. The third-order valence-corrected chi connectivity index (χ3v) is 14.8. The van der Waals surface area contributed by atoms with Crippen molar-refractivity contribution in [2.75, 3.05) is 0 Å². The second-order valence-electron chi connectivity index (χ2n) is 19.4. The lowest BCUT2D eigenvalue weighted by atomic mass is 9.94. The van der Waals surface area contributed by atoms with Crippen LogP contribution in [0, 0.1) is 45.9 Å². The molecular weight excluding hydrogens is 904 g/mol. The van der Waals surface area contributed by atoms with Gasteiger partial charge in [0.25, 0.3) is 0 Å². The third-order valence-electron chi connectivity index (χ3n) is 14.8. The molecule has 0 aliphatic heterocycles. The van der Waals surface area contributed by atoms with Crippen LogP contribution in [0.2, 0.25) is 0 Å². The maximum atomic E-state index is 15.3. The number of hydrogen-bond donors (Lipinski definition) is 0. The summed E-state index contributed by atoms with van der Waals surface area (Å²) < 4.78 is 50.2. The maximum absolute atomic E-state index is 15.3. The molecule has 0 unspecified atom stereocenters. The van der Waals surface area contributed by atoms with Crippen molar-refractivity contribution >= 4 is 43.6 Å². The summed E-state index contributed by atoms with van der Waals surface area (Å²) in [6.07, 6.45) is -4.64. The molecule has 3 nitrogen and oxygen atoms in total. The zero-order chi connectivity index (χ0) is 50.3. The van der Waals surface area contributed by atoms with Crippen LogP contribution >= 0.6 is 0 Å². The van der Waals surface area contributed by atoms with Gasteiger partial charge in [-0.05, 0) is 161 Å². The molecule has 2 heterocycles. The van der Waals surface area contributed by atoms with Crippen LogP contribution in [0.3, 0.4) is 0 Å². The lowest BCUT2D eigenvalue weighted by molar-refractivity contribution is -0.137. The van der Waals surface area contributed by atoms with E-state index in [-0.39, 0.29) is 0 Å². The number of alkyl halides is 3. The molecule has 2 aromatic heterocycles. The normalized spacial score (nSPS) is 11.8. The zero-order valence-electron chi connectivity index (χ0n) is 41.0. The molecule has 0 atom stereocenters. The predicted octanol–water partition coefficient (Wildman–Crippen LogP) is 18.6. The van der Waals surface area contributed by atoms with Crippen LogP contribution in [0.5, 0.6) is 0 Å². The van der Waals surface area contributed by atoms with Crippen molar-refractivity contribution in [3.8, 4) is 73.1 Å². The highest BCUT2D eigenvalue weighted by Crippen LogP contribution is 2.47. The average molecular weight is 952 g/mol. The van der Waals surface area contributed by atoms with Gasteiger partial charge in [0.15, 0.2) is 0 Å². The van der Waals surface area contributed by atoms with Crippen LogP contribution in [0.1, 0.15) is 38.9 Å². The quantitative estimate of drug-likeness (QED) is 0.157. The molecule has 0 saturated carbocycles. The monoisotopic (exact) mass is 951 g/mol. The topological polar surface area (TPSA) is 33.6 Å². The van der Waals surface area contributed by atoms with Gasteiger partial charge in [-0.25, -0.2) is 0 Å². The minimum Gasteiger partial charge on any atom is -0.308 e. The standard InChI is InChI=1S/C67H48F3N3/c1-40-30-50(34-51(31-40)67(68,69)70)66-64(72-60-35-46(52-18-10-6-14-41(52)2)22-26-56(60)57-27-23-47(36-61(57)72)53-19-11-7-15-42(53)3)32-45(39-71)33-65(66)73-62-37-48(54-20-12-8-16-43(54)4)24-28-58(62)59-29-25-49(38-63(59)73)55-21-13-9-17-44(55)5/h6-38H,1-5H3. The first-order valence-corrected chi connectivity index (χ1v) is 24.5. The van der Waals surface area contributed by atoms with E-state index in [9.17, 15) is 5.26 Å². The Kier molecular flexibility index (Phi) is 10.8. The Labute approximate surface area is 422 Å². The Morgan fingerprint density at radius 1 is 0.370 bits per heavy atom. The van der Waals surface area contributed by atoms with E-state index >= 15 is 13.2 Å². The maximum Gasteiger partial charge on any atom is 0.416 e. The summed E-state index contributed by atoms with van der Waals surface area (Å²) in [5.41, 5.74) is 18.3. The lowest BCUT2D eigenvalue weighted by Gasteiger charge is -2.22. The van der Waals surface area contributed by atoms with E-state index in [1.807, 2.05) is 66.7 Å². The highest BCUT2D eigenvalue weighted by Gasteiger charge is 2.32. The first-order valence-electron chi connectivity index (χ1n) is 24.5. The van der Waals surface area contributed by atoms with Crippen LogP contribution in [0.15, 0.2) is 200 Å². The smallest absolute Gasteiger partial charge is 0.308 e. The van der Waals surface area contributed by atoms with Gasteiger partial charge < -0.3 is 9.13 Å². The molecule has 0 aliphatic carbocycles. The molecule has 12 aromatic rings. The summed E-state index contributed by atoms with van der Waals surface area (Å²) in [5.74, 6) is 0. The van der Waals surface area contributed by atoms with Crippen molar-refractivity contribution in [1.29, 1.82) is 5.26 Å². The molecule has 10 aromatic carbocycles. The number of aromatic nitrogens is 2. The minimum atomic E-state index is -4.64. The number of nitriles is 1. The molecule has 12 rings (SSSR count). The summed E-state index contributed by atoms with van der Waals surface area (Å²) in [6.45, 7) is 10.1. The fourth-order valence-corrected chi connectivity index (χ4v) is 11.2. The summed E-state index contributed by atoms with van der Waals surface area (Å²) >= 11 is 0. The van der Waals surface area contributed by atoms with Crippen LogP contribution in [-0.2, 0) is 6.18 Å². The summed E-state index contributed by atoms with van der Waals surface area (Å²) in [6, 6.07) is 69.6. The van der Waals surface area contributed by atoms with Gasteiger partial charge in [-0.3, -0.25) is 0 Å². The first kappa shape index (κ1) is 45.2. The van der Waals surface area contributed by atoms with Crippen molar-refractivity contribution < 1.29 is 13.2 Å². The van der Waals surface area contributed by atoms with Gasteiger partial charge in [0.2, 0.25) is 0 Å². The molecule has 0 bridgehead atoms. The number of rotatable bonds is 7. The van der Waals surface area contributed by atoms with Crippen molar-refractivity contribution in [3.05, 3.63) is 239 Å². The van der Waals surface area contributed by atoms with E-state index in [0.29, 0.717) is 33.6 Å². The number of nitrogens with zero attached hydrogens (tertiary/aromatic N) is 3. The molecule has 0 radical (unpaired) electrons. The molecule has 0 fully saturated rings. The van der Waals surface area contributed by atoms with E-state index in [0.717, 1.165) is 110 Å². The van der Waals surface area contributed by atoms with Crippen molar-refractivity contribution in [2.24, 2.45) is 0 Å². The Morgan fingerprint density at radius 3 is 1.00 bits per heavy atom. The van der Waals surface area contributed by atoms with E-state index in [2.05, 4.69) is 164 Å². The minimum absolute atomic E-state index is 0.359. The Hall–Kier alpha value is -8.92. The second kappa shape index (κ2) is 17.4. The van der Waals surface area contributed by atoms with Gasteiger partial charge in [0.1, 0.15) is 0 Å². The lowest BCUT2D eigenvalue weighted by Crippen LogP contribution is -2.08. The highest BCUT2D eigenvalue weighted by atomic mass is 19.4. The van der Waals surface area contributed by atoms with Gasteiger partial charge in [-0.15, -0.1) is 0 Å². The van der Waals surface area contributed by atoms with Gasteiger partial charge in [0.05, 0.1) is 50.6 Å². The molecule has 0 N–H and O–H groups in total. The van der Waals surface area contributed by atoms with E-state index in [1.54, 1.807) is 6.92 Å². The van der Waals surface area contributed by atoms with Gasteiger partial charge in [-0.1, -0.05) is 152 Å². The number of benzene rings is 10. The Balaban J connectivity index is 1.29. The molecule has 0 aliphatic rings. The Bertz CT molecular complexity index is 3830. The van der Waals surface area contributed by atoms with Crippen LogP contribution in [0.4, 0.5) is 13.2 Å². The SMILES string of the molecule is Cc1cc(-c2c(-n3c4cc(-c5ccccc5C)ccc4c4ccc(-c5ccccc5C)cc43)cc(C#N)cc2-n2c3cc(-c4ccccc4C)ccc3c3ccc(-c4ccccc4C)cc32)cc(C(F)(F)F)c1. The van der Waals surface area contributed by atoms with Crippen LogP contribution in [-0.4, -0.2) is 9.13 Å².